The Balaban J connectivity index is 1.78. The Morgan fingerprint density at radius 1 is 1.24 bits per heavy atom. The molecule has 0 saturated heterocycles. The predicted octanol–water partition coefficient (Wildman–Crippen LogP) is 2.85. The van der Waals surface area contributed by atoms with Gasteiger partial charge in [0.05, 0.1) is 17.3 Å². The van der Waals surface area contributed by atoms with Crippen LogP contribution in [0.25, 0.3) is 0 Å². The first-order valence-electron chi connectivity index (χ1n) is 10.7. The highest BCUT2D eigenvalue weighted by Gasteiger charge is 2.36. The summed E-state index contributed by atoms with van der Waals surface area (Å²) in [7, 11) is 0. The molecule has 1 unspecified atom stereocenters. The topological polar surface area (TPSA) is 133 Å². The molecule has 1 aromatic carbocycles. The molecule has 2 atom stereocenters. The van der Waals surface area contributed by atoms with Crippen LogP contribution in [0.4, 0.5) is 8.78 Å². The van der Waals surface area contributed by atoms with Crippen molar-refractivity contribution in [3.8, 4) is 0 Å². The minimum atomic E-state index is -1.03. The van der Waals surface area contributed by atoms with E-state index >= 15 is 0 Å². The van der Waals surface area contributed by atoms with E-state index in [1.165, 1.54) is 6.07 Å². The number of ketones is 1. The second kappa shape index (κ2) is 8.81. The molecule has 0 aliphatic carbocycles. The Labute approximate surface area is 193 Å². The summed E-state index contributed by atoms with van der Waals surface area (Å²) in [6, 6.07) is 2.15. The number of Topliss-reactive ketones (excluding diaryl/α,β-unsaturated/α-hetero) is 1. The van der Waals surface area contributed by atoms with Crippen molar-refractivity contribution in [2.45, 2.75) is 52.1 Å². The fourth-order valence-corrected chi connectivity index (χ4v) is 4.51. The number of carbonyl (C=O) groups is 3. The first-order valence-corrected chi connectivity index (χ1v) is 10.7. The van der Waals surface area contributed by atoms with Gasteiger partial charge in [0, 0.05) is 5.69 Å². The maximum Gasteiger partial charge on any atom is 0.294 e. The van der Waals surface area contributed by atoms with Crippen molar-refractivity contribution in [3.63, 3.8) is 0 Å². The molecule has 2 aromatic heterocycles. The minimum Gasteiger partial charge on any atom is -0.366 e. The van der Waals surface area contributed by atoms with Gasteiger partial charge in [0.2, 0.25) is 5.89 Å². The fourth-order valence-electron chi connectivity index (χ4n) is 4.51. The molecule has 0 spiro atoms. The fraction of sp³-hybridized carbons (Fsp3) is 0.348. The summed E-state index contributed by atoms with van der Waals surface area (Å²) in [5.41, 5.74) is 6.91. The molecule has 9 nitrogen and oxygen atoms in total. The van der Waals surface area contributed by atoms with E-state index in [0.29, 0.717) is 36.3 Å². The van der Waals surface area contributed by atoms with E-state index in [2.05, 4.69) is 15.5 Å². The maximum absolute atomic E-state index is 14.0. The van der Waals surface area contributed by atoms with Gasteiger partial charge in [-0.2, -0.15) is 4.98 Å². The number of fused-ring (bicyclic) bond motifs is 1. The number of rotatable bonds is 6. The molecule has 0 radical (unpaired) electrons. The van der Waals surface area contributed by atoms with Crippen molar-refractivity contribution in [1.82, 2.24) is 20.0 Å². The number of nitrogens with zero attached hydrogens (tertiary/aromatic N) is 3. The third-order valence-corrected chi connectivity index (χ3v) is 6.01. The van der Waals surface area contributed by atoms with Crippen molar-refractivity contribution in [3.05, 3.63) is 69.6 Å². The van der Waals surface area contributed by atoms with Gasteiger partial charge >= 0.3 is 0 Å². The van der Waals surface area contributed by atoms with Crippen LogP contribution in [-0.4, -0.2) is 32.3 Å². The maximum atomic E-state index is 14.0. The van der Waals surface area contributed by atoms with Crippen molar-refractivity contribution in [2.75, 3.05) is 0 Å². The van der Waals surface area contributed by atoms with Crippen molar-refractivity contribution < 1.29 is 27.7 Å². The van der Waals surface area contributed by atoms with E-state index in [1.54, 1.807) is 25.3 Å². The molecule has 3 heterocycles. The summed E-state index contributed by atoms with van der Waals surface area (Å²) in [5.74, 6) is -4.10. The standard InChI is InChI=1S/C23H23F2N5O4/c1-10-18(21(26)32)17-6-4-5-16(13-7-8-14(24)15(25)9-13)30(17)19(10)20(31)22(33)27-11(2)23-28-12(3)29-34-23/h7-9,11,16H,4-6H2,1-3H3,(H2,26,32)(H,27,33)/t11?,16-/m0/s1. The number of benzene rings is 1. The summed E-state index contributed by atoms with van der Waals surface area (Å²) in [6.07, 6.45) is 1.55. The Hall–Kier alpha value is -3.89. The van der Waals surface area contributed by atoms with Gasteiger partial charge in [0.25, 0.3) is 17.6 Å². The third-order valence-electron chi connectivity index (χ3n) is 6.01. The molecule has 11 heteroatoms. The number of hydrogen-bond donors (Lipinski definition) is 2. The average molecular weight is 471 g/mol. The lowest BCUT2D eigenvalue weighted by Gasteiger charge is -2.29. The van der Waals surface area contributed by atoms with E-state index in [-0.39, 0.29) is 22.7 Å². The van der Waals surface area contributed by atoms with Gasteiger partial charge in [-0.25, -0.2) is 8.78 Å². The third kappa shape index (κ3) is 3.97. The zero-order chi connectivity index (χ0) is 24.7. The Morgan fingerprint density at radius 2 is 1.97 bits per heavy atom. The van der Waals surface area contributed by atoms with Crippen LogP contribution in [0, 0.1) is 25.5 Å². The lowest BCUT2D eigenvalue weighted by atomic mass is 9.94. The van der Waals surface area contributed by atoms with E-state index in [9.17, 15) is 23.2 Å². The number of aryl methyl sites for hydroxylation is 1. The second-order valence-electron chi connectivity index (χ2n) is 8.32. The van der Waals surface area contributed by atoms with Gasteiger partial charge in [0.1, 0.15) is 6.04 Å². The monoisotopic (exact) mass is 471 g/mol. The molecule has 178 valence electrons. The minimum absolute atomic E-state index is 0.0235. The van der Waals surface area contributed by atoms with E-state index in [1.807, 2.05) is 0 Å². The molecule has 4 rings (SSSR count). The molecule has 1 aliphatic heterocycles. The highest BCUT2D eigenvalue weighted by atomic mass is 19.2. The molecular formula is C23H23F2N5O4. The van der Waals surface area contributed by atoms with Crippen LogP contribution in [0.2, 0.25) is 0 Å². The normalized spacial score (nSPS) is 16.1. The van der Waals surface area contributed by atoms with Crippen LogP contribution >= 0.6 is 0 Å². The summed E-state index contributed by atoms with van der Waals surface area (Å²) < 4.78 is 34.2. The molecule has 0 bridgehead atoms. The number of amides is 2. The van der Waals surface area contributed by atoms with Crippen molar-refractivity contribution >= 4 is 17.6 Å². The molecule has 3 aromatic rings. The molecule has 0 fully saturated rings. The van der Waals surface area contributed by atoms with Gasteiger partial charge in [-0.15, -0.1) is 0 Å². The van der Waals surface area contributed by atoms with Crippen LogP contribution in [0.5, 0.6) is 0 Å². The first kappa shape index (κ1) is 23.3. The van der Waals surface area contributed by atoms with Crippen LogP contribution in [-0.2, 0) is 11.2 Å². The van der Waals surface area contributed by atoms with Crippen molar-refractivity contribution in [1.29, 1.82) is 0 Å². The number of carbonyl (C=O) groups excluding carboxylic acids is 3. The van der Waals surface area contributed by atoms with Gasteiger partial charge in [0.15, 0.2) is 17.5 Å². The largest absolute Gasteiger partial charge is 0.366 e. The first-order chi connectivity index (χ1) is 16.1. The molecule has 34 heavy (non-hydrogen) atoms. The number of halogens is 2. The van der Waals surface area contributed by atoms with Crippen LogP contribution in [0.3, 0.4) is 0 Å². The second-order valence-corrected chi connectivity index (χ2v) is 8.32. The summed E-state index contributed by atoms with van der Waals surface area (Å²) in [6.45, 7) is 4.74. The van der Waals surface area contributed by atoms with Crippen LogP contribution in [0.15, 0.2) is 22.7 Å². The van der Waals surface area contributed by atoms with Gasteiger partial charge in [-0.05, 0) is 63.3 Å². The lowest BCUT2D eigenvalue weighted by molar-refractivity contribution is -0.117. The number of aromatic nitrogens is 3. The number of nitrogens with one attached hydrogen (secondary N) is 1. The smallest absolute Gasteiger partial charge is 0.294 e. The highest BCUT2D eigenvalue weighted by Crippen LogP contribution is 2.38. The van der Waals surface area contributed by atoms with E-state index in [4.69, 9.17) is 10.3 Å². The van der Waals surface area contributed by atoms with E-state index in [0.717, 1.165) is 12.1 Å². The zero-order valence-corrected chi connectivity index (χ0v) is 18.8. The summed E-state index contributed by atoms with van der Waals surface area (Å²) in [4.78, 5) is 42.6. The molecular weight excluding hydrogens is 448 g/mol. The quantitative estimate of drug-likeness (QED) is 0.420. The van der Waals surface area contributed by atoms with Crippen LogP contribution < -0.4 is 11.1 Å². The molecule has 1 aliphatic rings. The molecule has 2 amide bonds. The summed E-state index contributed by atoms with van der Waals surface area (Å²) in [5, 5.41) is 6.19. The molecule has 3 N–H and O–H groups in total. The SMILES string of the molecule is Cc1noc(C(C)NC(=O)C(=O)c2c(C)c(C(N)=O)c3n2[C@H](c2ccc(F)c(F)c2)CCC3)n1. The van der Waals surface area contributed by atoms with Gasteiger partial charge in [-0.3, -0.25) is 14.4 Å². The lowest BCUT2D eigenvalue weighted by Crippen LogP contribution is -2.35. The highest BCUT2D eigenvalue weighted by molar-refractivity contribution is 6.43. The molecule has 0 saturated carbocycles. The predicted molar refractivity (Wildman–Crippen MR) is 115 cm³/mol. The van der Waals surface area contributed by atoms with Crippen LogP contribution in [0.1, 0.15) is 81.2 Å². The van der Waals surface area contributed by atoms with Crippen molar-refractivity contribution in [2.24, 2.45) is 5.73 Å². The Kier molecular flexibility index (Phi) is 6.03. The number of hydrogen-bond acceptors (Lipinski definition) is 6. The Bertz CT molecular complexity index is 1310. The Morgan fingerprint density at radius 3 is 2.59 bits per heavy atom. The average Bonchev–Trinajstić information content (AvgIpc) is 3.35. The summed E-state index contributed by atoms with van der Waals surface area (Å²) >= 11 is 0. The van der Waals surface area contributed by atoms with Gasteiger partial charge < -0.3 is 20.1 Å². The zero-order valence-electron chi connectivity index (χ0n) is 18.8. The van der Waals surface area contributed by atoms with Gasteiger partial charge in [-0.1, -0.05) is 11.2 Å². The number of nitrogens with two attached hydrogens (primary N) is 1. The number of primary amides is 1. The van der Waals surface area contributed by atoms with E-state index < -0.39 is 41.3 Å².